The summed E-state index contributed by atoms with van der Waals surface area (Å²) in [7, 11) is 0. The highest BCUT2D eigenvalue weighted by Gasteiger charge is 2.13. The van der Waals surface area contributed by atoms with Gasteiger partial charge in [0.05, 0.1) is 11.4 Å². The SMILES string of the molecule is Nc1c(Nc2ccc(F)cc2F)ncnc1Nc1ccc(F)cc1F. The Balaban J connectivity index is 1.89. The number of hydrogen-bond acceptors (Lipinski definition) is 5. The summed E-state index contributed by atoms with van der Waals surface area (Å²) >= 11 is 0. The number of rotatable bonds is 4. The normalized spacial score (nSPS) is 10.6. The van der Waals surface area contributed by atoms with Crippen molar-refractivity contribution in [2.75, 3.05) is 16.4 Å². The molecule has 3 rings (SSSR count). The Hall–Kier alpha value is -3.36. The minimum absolute atomic E-state index is 0.0325. The third kappa shape index (κ3) is 3.60. The van der Waals surface area contributed by atoms with Gasteiger partial charge in [-0.1, -0.05) is 0 Å². The second kappa shape index (κ2) is 6.63. The standard InChI is InChI=1S/C16H11F4N5/c17-8-1-3-12(10(19)5-8)24-15-14(21)16(23-7-22-15)25-13-4-2-9(18)6-11(13)20/h1-7H,21H2,(H2,22,23,24,25). The number of halogens is 4. The Kier molecular flexibility index (Phi) is 4.38. The zero-order valence-corrected chi connectivity index (χ0v) is 12.5. The second-order valence-electron chi connectivity index (χ2n) is 4.98. The van der Waals surface area contributed by atoms with E-state index in [1.54, 1.807) is 0 Å². The van der Waals surface area contributed by atoms with Gasteiger partial charge >= 0.3 is 0 Å². The molecule has 25 heavy (non-hydrogen) atoms. The summed E-state index contributed by atoms with van der Waals surface area (Å²) in [5, 5.41) is 5.21. The number of benzene rings is 2. The fourth-order valence-corrected chi connectivity index (χ4v) is 2.03. The average Bonchev–Trinajstić information content (AvgIpc) is 2.56. The van der Waals surface area contributed by atoms with Crippen LogP contribution in [-0.4, -0.2) is 9.97 Å². The first-order valence-electron chi connectivity index (χ1n) is 6.98. The van der Waals surface area contributed by atoms with Crippen LogP contribution in [0.4, 0.5) is 46.3 Å². The van der Waals surface area contributed by atoms with Crippen LogP contribution in [0.1, 0.15) is 0 Å². The van der Waals surface area contributed by atoms with Crippen LogP contribution < -0.4 is 16.4 Å². The lowest BCUT2D eigenvalue weighted by molar-refractivity contribution is 0.585. The molecule has 0 radical (unpaired) electrons. The summed E-state index contributed by atoms with van der Waals surface area (Å²) in [5.74, 6) is -3.06. The third-order valence-corrected chi connectivity index (χ3v) is 3.25. The van der Waals surface area contributed by atoms with Crippen molar-refractivity contribution in [1.29, 1.82) is 0 Å². The van der Waals surface area contributed by atoms with E-state index in [1.165, 1.54) is 12.1 Å². The van der Waals surface area contributed by atoms with Crippen LogP contribution in [0.5, 0.6) is 0 Å². The first-order valence-corrected chi connectivity index (χ1v) is 6.98. The number of aromatic nitrogens is 2. The highest BCUT2D eigenvalue weighted by atomic mass is 19.1. The van der Waals surface area contributed by atoms with Gasteiger partial charge in [-0.05, 0) is 24.3 Å². The highest BCUT2D eigenvalue weighted by Crippen LogP contribution is 2.30. The number of nitrogens with two attached hydrogens (primary N) is 1. The van der Waals surface area contributed by atoms with Crippen molar-refractivity contribution >= 4 is 28.7 Å². The van der Waals surface area contributed by atoms with Crippen molar-refractivity contribution in [2.24, 2.45) is 0 Å². The van der Waals surface area contributed by atoms with Crippen molar-refractivity contribution in [3.63, 3.8) is 0 Å². The zero-order chi connectivity index (χ0) is 18.0. The van der Waals surface area contributed by atoms with Gasteiger partial charge in [-0.15, -0.1) is 0 Å². The van der Waals surface area contributed by atoms with Crippen molar-refractivity contribution in [3.8, 4) is 0 Å². The Morgan fingerprint density at radius 2 is 1.16 bits per heavy atom. The van der Waals surface area contributed by atoms with Gasteiger partial charge in [0.15, 0.2) is 11.6 Å². The van der Waals surface area contributed by atoms with Crippen LogP contribution >= 0.6 is 0 Å². The Bertz CT molecular complexity index is 861. The third-order valence-electron chi connectivity index (χ3n) is 3.25. The molecular weight excluding hydrogens is 338 g/mol. The monoisotopic (exact) mass is 349 g/mol. The molecule has 9 heteroatoms. The molecule has 2 aromatic carbocycles. The first-order chi connectivity index (χ1) is 11.9. The van der Waals surface area contributed by atoms with Crippen LogP contribution in [0.25, 0.3) is 0 Å². The van der Waals surface area contributed by atoms with Crippen molar-refractivity contribution in [3.05, 3.63) is 66.0 Å². The summed E-state index contributed by atoms with van der Waals surface area (Å²) in [6.07, 6.45) is 1.11. The molecule has 0 fully saturated rings. The zero-order valence-electron chi connectivity index (χ0n) is 12.5. The number of nitrogen functional groups attached to an aromatic ring is 1. The molecule has 1 aromatic heterocycles. The number of anilines is 5. The molecule has 0 saturated heterocycles. The van der Waals surface area contributed by atoms with E-state index in [4.69, 9.17) is 5.73 Å². The van der Waals surface area contributed by atoms with Crippen LogP contribution in [0.15, 0.2) is 42.7 Å². The highest BCUT2D eigenvalue weighted by molar-refractivity contribution is 5.80. The lowest BCUT2D eigenvalue weighted by atomic mass is 10.2. The van der Waals surface area contributed by atoms with E-state index in [2.05, 4.69) is 20.6 Å². The maximum absolute atomic E-state index is 13.7. The maximum atomic E-state index is 13.7. The van der Waals surface area contributed by atoms with Crippen LogP contribution in [0.3, 0.4) is 0 Å². The Morgan fingerprint density at radius 3 is 1.56 bits per heavy atom. The predicted octanol–water partition coefficient (Wildman–Crippen LogP) is 4.10. The lowest BCUT2D eigenvalue weighted by Gasteiger charge is -2.13. The van der Waals surface area contributed by atoms with Gasteiger partial charge in [-0.3, -0.25) is 0 Å². The van der Waals surface area contributed by atoms with E-state index in [0.29, 0.717) is 12.1 Å². The maximum Gasteiger partial charge on any atom is 0.159 e. The molecule has 0 saturated carbocycles. The Labute approximate surface area is 139 Å². The van der Waals surface area contributed by atoms with Crippen molar-refractivity contribution < 1.29 is 17.6 Å². The predicted molar refractivity (Wildman–Crippen MR) is 85.7 cm³/mol. The molecule has 3 aromatic rings. The van der Waals surface area contributed by atoms with Crippen molar-refractivity contribution in [2.45, 2.75) is 0 Å². The van der Waals surface area contributed by atoms with Crippen LogP contribution in [-0.2, 0) is 0 Å². The molecule has 128 valence electrons. The molecule has 1 heterocycles. The summed E-state index contributed by atoms with van der Waals surface area (Å²) < 4.78 is 53.3. The van der Waals surface area contributed by atoms with Gasteiger partial charge in [0.1, 0.15) is 35.3 Å². The number of nitrogens with one attached hydrogen (secondary N) is 2. The van der Waals surface area contributed by atoms with Crippen LogP contribution in [0.2, 0.25) is 0 Å². The van der Waals surface area contributed by atoms with Gasteiger partial charge in [-0.2, -0.15) is 0 Å². The van der Waals surface area contributed by atoms with Gasteiger partial charge in [-0.25, -0.2) is 27.5 Å². The van der Waals surface area contributed by atoms with E-state index >= 15 is 0 Å². The average molecular weight is 349 g/mol. The molecule has 4 N–H and O–H groups in total. The van der Waals surface area contributed by atoms with Crippen LogP contribution in [0, 0.1) is 23.3 Å². The quantitative estimate of drug-likeness (QED) is 0.618. The van der Waals surface area contributed by atoms with Gasteiger partial charge in [0.2, 0.25) is 0 Å². The molecule has 0 aliphatic heterocycles. The number of hydrogen-bond donors (Lipinski definition) is 3. The second-order valence-corrected chi connectivity index (χ2v) is 4.98. The van der Waals surface area contributed by atoms with E-state index in [0.717, 1.165) is 18.5 Å². The summed E-state index contributed by atoms with van der Waals surface area (Å²) in [4.78, 5) is 7.75. The first kappa shape index (κ1) is 16.5. The van der Waals surface area contributed by atoms with E-state index in [9.17, 15) is 17.6 Å². The van der Waals surface area contributed by atoms with E-state index in [-0.39, 0.29) is 28.7 Å². The summed E-state index contributed by atoms with van der Waals surface area (Å²) in [6.45, 7) is 0. The van der Waals surface area contributed by atoms with E-state index < -0.39 is 23.3 Å². The summed E-state index contributed by atoms with van der Waals surface area (Å²) in [6, 6.07) is 5.89. The molecule has 0 bridgehead atoms. The van der Waals surface area contributed by atoms with Gasteiger partial charge in [0.25, 0.3) is 0 Å². The molecular formula is C16H11F4N5. The topological polar surface area (TPSA) is 75.9 Å². The molecule has 5 nitrogen and oxygen atoms in total. The largest absolute Gasteiger partial charge is 0.393 e. The lowest BCUT2D eigenvalue weighted by Crippen LogP contribution is -2.06. The molecule has 0 atom stereocenters. The number of nitrogens with zero attached hydrogens (tertiary/aromatic N) is 2. The minimum atomic E-state index is -0.836. The smallest absolute Gasteiger partial charge is 0.159 e. The fourth-order valence-electron chi connectivity index (χ4n) is 2.03. The Morgan fingerprint density at radius 1 is 0.720 bits per heavy atom. The van der Waals surface area contributed by atoms with Gasteiger partial charge < -0.3 is 16.4 Å². The fraction of sp³-hybridized carbons (Fsp3) is 0. The van der Waals surface area contributed by atoms with E-state index in [1.807, 2.05) is 0 Å². The minimum Gasteiger partial charge on any atom is -0.393 e. The van der Waals surface area contributed by atoms with Crippen molar-refractivity contribution in [1.82, 2.24) is 9.97 Å². The molecule has 0 amide bonds. The molecule has 0 aliphatic carbocycles. The summed E-state index contributed by atoms with van der Waals surface area (Å²) in [5.41, 5.74) is 5.76. The molecule has 0 unspecified atom stereocenters. The molecule has 0 spiro atoms. The molecule has 0 aliphatic rings. The van der Waals surface area contributed by atoms with Gasteiger partial charge in [0, 0.05) is 12.1 Å².